The molecule has 0 spiro atoms. The van der Waals surface area contributed by atoms with Gasteiger partial charge in [0.15, 0.2) is 0 Å². The van der Waals surface area contributed by atoms with Crippen molar-refractivity contribution in [3.63, 3.8) is 0 Å². The van der Waals surface area contributed by atoms with Crippen LogP contribution in [0, 0.1) is 6.92 Å². The highest BCUT2D eigenvalue weighted by atomic mass is 32.1. The van der Waals surface area contributed by atoms with Crippen LogP contribution in [-0.4, -0.2) is 44.2 Å². The number of nitrogens with zero attached hydrogens (tertiary/aromatic N) is 1. The van der Waals surface area contributed by atoms with Gasteiger partial charge in [-0.1, -0.05) is 0 Å². The molecular formula is C21H21N3O6S. The number of esters is 2. The summed E-state index contributed by atoms with van der Waals surface area (Å²) < 4.78 is 14.7. The summed E-state index contributed by atoms with van der Waals surface area (Å²) >= 11 is 1.13. The van der Waals surface area contributed by atoms with Crippen molar-refractivity contribution in [1.82, 2.24) is 4.98 Å². The topological polar surface area (TPSA) is 130 Å². The molecule has 0 saturated carbocycles. The van der Waals surface area contributed by atoms with Crippen molar-refractivity contribution in [2.24, 2.45) is 0 Å². The number of pyridine rings is 1. The molecule has 0 bridgehead atoms. The number of carbonyl (C=O) groups excluding carboxylic acids is 3. The van der Waals surface area contributed by atoms with Crippen LogP contribution >= 0.6 is 11.3 Å². The van der Waals surface area contributed by atoms with E-state index in [-0.39, 0.29) is 27.4 Å². The summed E-state index contributed by atoms with van der Waals surface area (Å²) in [5.74, 6) is -1.83. The van der Waals surface area contributed by atoms with Crippen molar-refractivity contribution in [2.75, 3.05) is 32.4 Å². The molecule has 31 heavy (non-hydrogen) atoms. The fourth-order valence-electron chi connectivity index (χ4n) is 3.13. The number of methoxy groups -OCH3 is 3. The first-order valence-electron chi connectivity index (χ1n) is 9.10. The van der Waals surface area contributed by atoms with Gasteiger partial charge in [0.1, 0.15) is 9.71 Å². The molecule has 0 aliphatic heterocycles. The lowest BCUT2D eigenvalue weighted by molar-refractivity contribution is 0.0587. The molecule has 10 heteroatoms. The Hall–Kier alpha value is -3.50. The van der Waals surface area contributed by atoms with Gasteiger partial charge in [0, 0.05) is 18.2 Å². The monoisotopic (exact) mass is 443 g/mol. The van der Waals surface area contributed by atoms with E-state index in [1.54, 1.807) is 7.11 Å². The Morgan fingerprint density at radius 3 is 2.45 bits per heavy atom. The Morgan fingerprint density at radius 2 is 1.81 bits per heavy atom. The molecule has 0 radical (unpaired) electrons. The van der Waals surface area contributed by atoms with E-state index in [2.05, 4.69) is 10.3 Å². The third-order valence-corrected chi connectivity index (χ3v) is 5.61. The van der Waals surface area contributed by atoms with Crippen LogP contribution in [0.3, 0.4) is 0 Å². The molecule has 0 aliphatic rings. The second-order valence-corrected chi connectivity index (χ2v) is 7.58. The Balaban J connectivity index is 2.06. The van der Waals surface area contributed by atoms with Crippen molar-refractivity contribution >= 4 is 50.8 Å². The van der Waals surface area contributed by atoms with Gasteiger partial charge >= 0.3 is 11.9 Å². The highest BCUT2D eigenvalue weighted by molar-refractivity contribution is 7.21. The van der Waals surface area contributed by atoms with Crippen LogP contribution in [0.5, 0.6) is 0 Å². The van der Waals surface area contributed by atoms with Gasteiger partial charge in [0.05, 0.1) is 43.3 Å². The van der Waals surface area contributed by atoms with Gasteiger partial charge in [-0.25, -0.2) is 14.6 Å². The molecule has 0 aliphatic carbocycles. The summed E-state index contributed by atoms with van der Waals surface area (Å²) in [4.78, 5) is 42.4. The van der Waals surface area contributed by atoms with E-state index in [0.29, 0.717) is 16.8 Å². The number of carbonyl (C=O) groups is 3. The number of aromatic nitrogens is 1. The normalized spacial score (nSPS) is 10.7. The second kappa shape index (κ2) is 9.11. The number of rotatable bonds is 6. The zero-order chi connectivity index (χ0) is 22.7. The van der Waals surface area contributed by atoms with Crippen LogP contribution in [0.1, 0.15) is 41.6 Å². The number of anilines is 2. The Bertz CT molecular complexity index is 1190. The number of hydrogen-bond donors (Lipinski definition) is 2. The quantitative estimate of drug-likeness (QED) is 0.556. The lowest BCUT2D eigenvalue weighted by atomic mass is 10.1. The predicted molar refractivity (Wildman–Crippen MR) is 117 cm³/mol. The van der Waals surface area contributed by atoms with E-state index < -0.39 is 17.8 Å². The minimum atomic E-state index is -0.671. The molecule has 162 valence electrons. The number of fused-ring (bicyclic) bond motifs is 1. The molecule has 0 fully saturated rings. The minimum absolute atomic E-state index is 0.0808. The number of ether oxygens (including phenoxy) is 3. The first-order chi connectivity index (χ1) is 14.8. The van der Waals surface area contributed by atoms with E-state index >= 15 is 0 Å². The molecule has 2 aromatic heterocycles. The Morgan fingerprint density at radius 1 is 1.10 bits per heavy atom. The smallest absolute Gasteiger partial charge is 0.339 e. The maximum absolute atomic E-state index is 13.1. The summed E-state index contributed by atoms with van der Waals surface area (Å²) in [6, 6.07) is 5.99. The number of hydrogen-bond acceptors (Lipinski definition) is 9. The Labute approximate surface area is 182 Å². The number of nitrogens with two attached hydrogens (primary N) is 1. The molecular weight excluding hydrogens is 422 g/mol. The lowest BCUT2D eigenvalue weighted by Gasteiger charge is -2.11. The molecule has 2 heterocycles. The number of benzene rings is 1. The summed E-state index contributed by atoms with van der Waals surface area (Å²) in [6.07, 6.45) is 0. The molecule has 0 atom stereocenters. The van der Waals surface area contributed by atoms with Crippen LogP contribution < -0.4 is 11.1 Å². The maximum atomic E-state index is 13.1. The molecule has 9 nitrogen and oxygen atoms in total. The highest BCUT2D eigenvalue weighted by Crippen LogP contribution is 2.36. The number of amides is 1. The van der Waals surface area contributed by atoms with Crippen LogP contribution in [0.25, 0.3) is 10.2 Å². The Kier molecular flexibility index (Phi) is 6.52. The predicted octanol–water partition coefficient (Wildman–Crippen LogP) is 3.16. The van der Waals surface area contributed by atoms with Crippen LogP contribution in [-0.2, 0) is 20.8 Å². The first-order valence-corrected chi connectivity index (χ1v) is 9.91. The zero-order valence-corrected chi connectivity index (χ0v) is 18.2. The summed E-state index contributed by atoms with van der Waals surface area (Å²) in [5.41, 5.74) is 8.48. The van der Waals surface area contributed by atoms with Crippen molar-refractivity contribution in [1.29, 1.82) is 0 Å². The SMILES string of the molecule is COCc1cc(C)nc2sc(C(=O)Nc3cc(C(=O)OC)ccc3C(=O)OC)c(N)c12. The second-order valence-electron chi connectivity index (χ2n) is 6.58. The van der Waals surface area contributed by atoms with E-state index in [4.69, 9.17) is 19.9 Å². The molecule has 1 aromatic carbocycles. The largest absolute Gasteiger partial charge is 0.465 e. The molecule has 3 aromatic rings. The fourth-order valence-corrected chi connectivity index (χ4v) is 4.22. The average Bonchev–Trinajstić information content (AvgIpc) is 3.09. The minimum Gasteiger partial charge on any atom is -0.465 e. The van der Waals surface area contributed by atoms with E-state index in [0.717, 1.165) is 22.6 Å². The van der Waals surface area contributed by atoms with Gasteiger partial charge in [-0.15, -0.1) is 11.3 Å². The van der Waals surface area contributed by atoms with Gasteiger partial charge in [-0.3, -0.25) is 4.79 Å². The summed E-state index contributed by atoms with van der Waals surface area (Å²) in [7, 11) is 4.02. The van der Waals surface area contributed by atoms with Gasteiger partial charge in [-0.2, -0.15) is 0 Å². The molecule has 0 unspecified atom stereocenters. The lowest BCUT2D eigenvalue weighted by Crippen LogP contribution is -2.16. The maximum Gasteiger partial charge on any atom is 0.339 e. The number of thiophene rings is 1. The third kappa shape index (κ3) is 4.35. The standard InChI is InChI=1S/C21H21N3O6S/c1-10-7-12(9-28-2)15-16(22)17(31-19(15)23-10)18(25)24-14-8-11(20(26)29-3)5-6-13(14)21(27)30-4/h5-8H,9,22H2,1-4H3,(H,24,25). The molecule has 0 saturated heterocycles. The van der Waals surface area contributed by atoms with Crippen LogP contribution in [0.15, 0.2) is 24.3 Å². The zero-order valence-electron chi connectivity index (χ0n) is 17.4. The first kappa shape index (κ1) is 22.2. The fraction of sp³-hybridized carbons (Fsp3) is 0.238. The highest BCUT2D eigenvalue weighted by Gasteiger charge is 2.23. The van der Waals surface area contributed by atoms with Crippen LogP contribution in [0.2, 0.25) is 0 Å². The van der Waals surface area contributed by atoms with Crippen molar-refractivity contribution in [2.45, 2.75) is 13.5 Å². The third-order valence-electron chi connectivity index (χ3n) is 4.51. The molecule has 3 N–H and O–H groups in total. The van der Waals surface area contributed by atoms with Gasteiger partial charge in [0.25, 0.3) is 5.91 Å². The van der Waals surface area contributed by atoms with Crippen LogP contribution in [0.4, 0.5) is 11.4 Å². The average molecular weight is 443 g/mol. The van der Waals surface area contributed by atoms with E-state index in [9.17, 15) is 14.4 Å². The van der Waals surface area contributed by atoms with E-state index in [1.165, 1.54) is 32.4 Å². The number of aryl methyl sites for hydroxylation is 1. The van der Waals surface area contributed by atoms with Gasteiger partial charge in [-0.05, 0) is 36.8 Å². The number of nitrogens with one attached hydrogen (secondary N) is 1. The van der Waals surface area contributed by atoms with Crippen molar-refractivity contribution in [3.05, 3.63) is 51.5 Å². The molecule has 3 rings (SSSR count). The van der Waals surface area contributed by atoms with Gasteiger partial charge < -0.3 is 25.3 Å². The summed E-state index contributed by atoms with van der Waals surface area (Å²) in [6.45, 7) is 2.16. The number of nitrogen functional groups attached to an aromatic ring is 1. The molecule has 1 amide bonds. The van der Waals surface area contributed by atoms with Gasteiger partial charge in [0.2, 0.25) is 0 Å². The van der Waals surface area contributed by atoms with Crippen molar-refractivity contribution < 1.29 is 28.6 Å². The van der Waals surface area contributed by atoms with E-state index in [1.807, 2.05) is 13.0 Å². The van der Waals surface area contributed by atoms with Crippen molar-refractivity contribution in [3.8, 4) is 0 Å². The summed E-state index contributed by atoms with van der Waals surface area (Å²) in [5, 5.41) is 3.31.